The average Bonchev–Trinajstić information content (AvgIpc) is 3.02. The average molecular weight is 420 g/mol. The lowest BCUT2D eigenvalue weighted by Gasteiger charge is -2.11. The highest BCUT2D eigenvalue weighted by Crippen LogP contribution is 2.30. The van der Waals surface area contributed by atoms with Crippen molar-refractivity contribution in [3.05, 3.63) is 88.4 Å². The van der Waals surface area contributed by atoms with Gasteiger partial charge in [-0.1, -0.05) is 70.5 Å². The zero-order valence-corrected chi connectivity index (χ0v) is 16.4. The van der Waals surface area contributed by atoms with E-state index in [4.69, 9.17) is 4.74 Å². The topological polar surface area (TPSA) is 31.2 Å². The molecule has 3 nitrogen and oxygen atoms in total. The third-order valence-electron chi connectivity index (χ3n) is 4.69. The first kappa shape index (κ1) is 17.6. The fourth-order valence-corrected chi connectivity index (χ4v) is 3.82. The number of carbonyl (C=O) groups is 1. The van der Waals surface area contributed by atoms with Crippen LogP contribution in [0.1, 0.15) is 5.56 Å². The fraction of sp³-hybridized carbons (Fsp3) is 0.0870. The molecule has 134 valence electrons. The number of halogens is 1. The number of para-hydroxylation sites is 2. The van der Waals surface area contributed by atoms with Crippen molar-refractivity contribution in [2.24, 2.45) is 0 Å². The smallest absolute Gasteiger partial charge is 0.335 e. The highest BCUT2D eigenvalue weighted by atomic mass is 79.9. The van der Waals surface area contributed by atoms with Crippen molar-refractivity contribution in [2.75, 3.05) is 7.11 Å². The highest BCUT2D eigenvalue weighted by Gasteiger charge is 2.16. The number of hydrogen-bond donors (Lipinski definition) is 0. The van der Waals surface area contributed by atoms with E-state index in [0.29, 0.717) is 12.1 Å². The second kappa shape index (κ2) is 7.41. The molecule has 0 aliphatic heterocycles. The van der Waals surface area contributed by atoms with Gasteiger partial charge in [0.1, 0.15) is 0 Å². The number of benzene rings is 3. The summed E-state index contributed by atoms with van der Waals surface area (Å²) in [4.78, 5) is 12.5. The van der Waals surface area contributed by atoms with Gasteiger partial charge in [0.2, 0.25) is 0 Å². The largest absolute Gasteiger partial charge is 0.466 e. The predicted octanol–water partition coefficient (Wildman–Crippen LogP) is 5.81. The Morgan fingerprint density at radius 2 is 1.48 bits per heavy atom. The third kappa shape index (κ3) is 3.28. The molecule has 3 aromatic carbocycles. The number of methoxy groups -OCH3 is 1. The van der Waals surface area contributed by atoms with E-state index < -0.39 is 0 Å². The van der Waals surface area contributed by atoms with Crippen LogP contribution < -0.4 is 0 Å². The second-order valence-electron chi connectivity index (χ2n) is 6.30. The van der Waals surface area contributed by atoms with Crippen molar-refractivity contribution in [1.82, 2.24) is 4.57 Å². The third-order valence-corrected chi connectivity index (χ3v) is 5.41. The Morgan fingerprint density at radius 3 is 2.07 bits per heavy atom. The van der Waals surface area contributed by atoms with E-state index in [9.17, 15) is 4.79 Å². The van der Waals surface area contributed by atoms with Crippen LogP contribution in [0.15, 0.2) is 82.8 Å². The van der Waals surface area contributed by atoms with E-state index in [-0.39, 0.29) is 5.97 Å². The molecule has 0 atom stereocenters. The number of hydrogen-bond acceptors (Lipinski definition) is 2. The molecule has 0 radical (unpaired) electrons. The fourth-order valence-electron chi connectivity index (χ4n) is 3.42. The molecule has 0 amide bonds. The van der Waals surface area contributed by atoms with Gasteiger partial charge in [0.05, 0.1) is 19.2 Å². The molecule has 0 saturated carbocycles. The Kier molecular flexibility index (Phi) is 4.82. The van der Waals surface area contributed by atoms with Crippen LogP contribution in [0.2, 0.25) is 0 Å². The van der Waals surface area contributed by atoms with Gasteiger partial charge < -0.3 is 9.30 Å². The standard InChI is InChI=1S/C23H18BrNO2/c1-27-23(26)17(14-16-8-2-5-11-20(16)24)15-25-21-12-6-3-9-18(21)19-10-4-7-13-22(19)25/h2-14H,15H2,1H3/b17-14+. The molecule has 0 aliphatic rings. The number of nitrogens with zero attached hydrogens (tertiary/aromatic N) is 1. The van der Waals surface area contributed by atoms with E-state index in [1.807, 2.05) is 54.6 Å². The molecule has 0 saturated heterocycles. The molecule has 1 aromatic heterocycles. The van der Waals surface area contributed by atoms with Gasteiger partial charge in [-0.25, -0.2) is 4.79 Å². The molecule has 4 aromatic rings. The van der Waals surface area contributed by atoms with Crippen LogP contribution in [0.5, 0.6) is 0 Å². The molecule has 0 aliphatic carbocycles. The summed E-state index contributed by atoms with van der Waals surface area (Å²) >= 11 is 3.55. The molecule has 27 heavy (non-hydrogen) atoms. The van der Waals surface area contributed by atoms with Crippen molar-refractivity contribution in [2.45, 2.75) is 6.54 Å². The van der Waals surface area contributed by atoms with Gasteiger partial charge in [0.15, 0.2) is 0 Å². The van der Waals surface area contributed by atoms with E-state index in [2.05, 4.69) is 44.8 Å². The number of fused-ring (bicyclic) bond motifs is 3. The van der Waals surface area contributed by atoms with Crippen LogP contribution in [0.4, 0.5) is 0 Å². The second-order valence-corrected chi connectivity index (χ2v) is 7.16. The zero-order chi connectivity index (χ0) is 18.8. The maximum atomic E-state index is 12.5. The van der Waals surface area contributed by atoms with Crippen LogP contribution in [0, 0.1) is 0 Å². The molecular weight excluding hydrogens is 402 g/mol. The summed E-state index contributed by atoms with van der Waals surface area (Å²) < 4.78 is 8.17. The number of aromatic nitrogens is 1. The summed E-state index contributed by atoms with van der Waals surface area (Å²) in [5, 5.41) is 2.36. The summed E-state index contributed by atoms with van der Waals surface area (Å²) in [5.41, 5.74) is 3.73. The quantitative estimate of drug-likeness (QED) is 0.308. The van der Waals surface area contributed by atoms with Crippen molar-refractivity contribution < 1.29 is 9.53 Å². The van der Waals surface area contributed by atoms with Gasteiger partial charge in [-0.2, -0.15) is 0 Å². The number of esters is 1. The monoisotopic (exact) mass is 419 g/mol. The SMILES string of the molecule is COC(=O)/C(=C/c1ccccc1Br)Cn1c2ccccc2c2ccccc21. The van der Waals surface area contributed by atoms with Gasteiger partial charge in [0.25, 0.3) is 0 Å². The van der Waals surface area contributed by atoms with Crippen LogP contribution in [0.25, 0.3) is 27.9 Å². The van der Waals surface area contributed by atoms with Crippen LogP contribution in [-0.4, -0.2) is 17.6 Å². The lowest BCUT2D eigenvalue weighted by molar-refractivity contribution is -0.136. The normalized spacial score (nSPS) is 11.9. The Morgan fingerprint density at radius 1 is 0.926 bits per heavy atom. The first-order chi connectivity index (χ1) is 13.2. The van der Waals surface area contributed by atoms with E-state index in [1.54, 1.807) is 0 Å². The number of ether oxygens (including phenoxy) is 1. The summed E-state index contributed by atoms with van der Waals surface area (Å²) in [5.74, 6) is -0.326. The summed E-state index contributed by atoms with van der Waals surface area (Å²) in [6.07, 6.45) is 1.89. The van der Waals surface area contributed by atoms with Crippen molar-refractivity contribution in [1.29, 1.82) is 0 Å². The van der Waals surface area contributed by atoms with Crippen LogP contribution in [0.3, 0.4) is 0 Å². The molecule has 1 heterocycles. The molecule has 0 spiro atoms. The lowest BCUT2D eigenvalue weighted by Crippen LogP contribution is -2.11. The first-order valence-corrected chi connectivity index (χ1v) is 9.47. The highest BCUT2D eigenvalue weighted by molar-refractivity contribution is 9.10. The molecule has 0 unspecified atom stereocenters. The van der Waals surface area contributed by atoms with Gasteiger partial charge >= 0.3 is 5.97 Å². The van der Waals surface area contributed by atoms with Crippen molar-refractivity contribution in [3.63, 3.8) is 0 Å². The molecule has 0 N–H and O–H groups in total. The Balaban J connectivity index is 1.89. The first-order valence-electron chi connectivity index (χ1n) is 8.68. The lowest BCUT2D eigenvalue weighted by atomic mass is 10.1. The molecule has 0 bridgehead atoms. The minimum Gasteiger partial charge on any atom is -0.466 e. The number of rotatable bonds is 4. The van der Waals surface area contributed by atoms with Crippen LogP contribution in [-0.2, 0) is 16.1 Å². The molecule has 0 fully saturated rings. The Bertz CT molecular complexity index is 1120. The van der Waals surface area contributed by atoms with Crippen molar-refractivity contribution in [3.8, 4) is 0 Å². The van der Waals surface area contributed by atoms with Gasteiger partial charge in [-0.3, -0.25) is 0 Å². The van der Waals surface area contributed by atoms with E-state index in [1.165, 1.54) is 17.9 Å². The molecule has 4 heteroatoms. The molecule has 4 rings (SSSR count). The Labute approximate surface area is 166 Å². The van der Waals surface area contributed by atoms with Crippen molar-refractivity contribution >= 4 is 49.8 Å². The number of carbonyl (C=O) groups excluding carboxylic acids is 1. The van der Waals surface area contributed by atoms with Gasteiger partial charge in [-0.15, -0.1) is 0 Å². The Hall–Kier alpha value is -2.85. The predicted molar refractivity (Wildman–Crippen MR) is 114 cm³/mol. The zero-order valence-electron chi connectivity index (χ0n) is 14.9. The van der Waals surface area contributed by atoms with Crippen LogP contribution >= 0.6 is 15.9 Å². The minimum absolute atomic E-state index is 0.326. The van der Waals surface area contributed by atoms with E-state index >= 15 is 0 Å². The summed E-state index contributed by atoms with van der Waals surface area (Å²) in [6.45, 7) is 0.433. The molecular formula is C23H18BrNO2. The maximum absolute atomic E-state index is 12.5. The summed E-state index contributed by atoms with van der Waals surface area (Å²) in [7, 11) is 1.42. The maximum Gasteiger partial charge on any atom is 0.335 e. The van der Waals surface area contributed by atoms with E-state index in [0.717, 1.165) is 21.1 Å². The van der Waals surface area contributed by atoms with Gasteiger partial charge in [-0.05, 0) is 29.8 Å². The summed E-state index contributed by atoms with van der Waals surface area (Å²) in [6, 6.07) is 24.4. The minimum atomic E-state index is -0.326. The van der Waals surface area contributed by atoms with Gasteiger partial charge in [0, 0.05) is 26.3 Å².